The molecule has 0 aliphatic carbocycles. The van der Waals surface area contributed by atoms with E-state index in [2.05, 4.69) is 12.1 Å². The molecule has 0 unspecified atom stereocenters. The van der Waals surface area contributed by atoms with E-state index in [1.54, 1.807) is 24.8 Å². The standard InChI is InChI=1S/C15H15ClO3S2/c1-12-11-14(21(16,17)18)7-8-15(12)19-9-10-20-13-5-3-2-4-6-13/h2-8,11H,9-10H2,1H3. The molecular formula is C15H15ClO3S2. The van der Waals surface area contributed by atoms with E-state index in [1.165, 1.54) is 17.0 Å². The van der Waals surface area contributed by atoms with Crippen molar-refractivity contribution < 1.29 is 13.2 Å². The number of benzene rings is 2. The smallest absolute Gasteiger partial charge is 0.261 e. The number of halogens is 1. The van der Waals surface area contributed by atoms with Crippen molar-refractivity contribution in [1.29, 1.82) is 0 Å². The van der Waals surface area contributed by atoms with Gasteiger partial charge in [0.15, 0.2) is 0 Å². The largest absolute Gasteiger partial charge is 0.492 e. The van der Waals surface area contributed by atoms with E-state index in [4.69, 9.17) is 15.4 Å². The molecule has 6 heteroatoms. The van der Waals surface area contributed by atoms with Crippen molar-refractivity contribution in [3.8, 4) is 5.75 Å². The zero-order valence-electron chi connectivity index (χ0n) is 11.5. The van der Waals surface area contributed by atoms with Gasteiger partial charge >= 0.3 is 0 Å². The van der Waals surface area contributed by atoms with Crippen molar-refractivity contribution >= 4 is 31.5 Å². The molecular weight excluding hydrogens is 328 g/mol. The lowest BCUT2D eigenvalue weighted by Gasteiger charge is -2.09. The number of hydrogen-bond acceptors (Lipinski definition) is 4. The van der Waals surface area contributed by atoms with Gasteiger partial charge in [0, 0.05) is 21.3 Å². The molecule has 0 amide bonds. The summed E-state index contributed by atoms with van der Waals surface area (Å²) < 4.78 is 28.1. The highest BCUT2D eigenvalue weighted by atomic mass is 35.7. The van der Waals surface area contributed by atoms with Crippen molar-refractivity contribution in [3.63, 3.8) is 0 Å². The summed E-state index contributed by atoms with van der Waals surface area (Å²) in [5, 5.41) is 0. The lowest BCUT2D eigenvalue weighted by molar-refractivity contribution is 0.341. The van der Waals surface area contributed by atoms with Crippen LogP contribution in [-0.2, 0) is 9.05 Å². The second-order valence-electron chi connectivity index (χ2n) is 4.38. The van der Waals surface area contributed by atoms with E-state index < -0.39 is 9.05 Å². The third-order valence-corrected chi connectivity index (χ3v) is 5.11. The Balaban J connectivity index is 1.89. The van der Waals surface area contributed by atoms with E-state index in [1.807, 2.05) is 18.2 Å². The van der Waals surface area contributed by atoms with Gasteiger partial charge in [-0.05, 0) is 42.8 Å². The highest BCUT2D eigenvalue weighted by Gasteiger charge is 2.11. The molecule has 2 aromatic rings. The van der Waals surface area contributed by atoms with Gasteiger partial charge in [0.05, 0.1) is 11.5 Å². The first-order valence-corrected chi connectivity index (χ1v) is 9.62. The van der Waals surface area contributed by atoms with Crippen LogP contribution in [0.5, 0.6) is 5.75 Å². The van der Waals surface area contributed by atoms with Crippen molar-refractivity contribution in [2.24, 2.45) is 0 Å². The molecule has 2 aromatic carbocycles. The third kappa shape index (κ3) is 4.95. The quantitative estimate of drug-likeness (QED) is 0.450. The van der Waals surface area contributed by atoms with Crippen LogP contribution < -0.4 is 4.74 Å². The molecule has 0 atom stereocenters. The minimum absolute atomic E-state index is 0.0904. The van der Waals surface area contributed by atoms with Gasteiger partial charge in [0.2, 0.25) is 0 Å². The van der Waals surface area contributed by atoms with Crippen LogP contribution in [0.25, 0.3) is 0 Å². The first kappa shape index (κ1) is 16.2. The van der Waals surface area contributed by atoms with Crippen LogP contribution in [0, 0.1) is 6.92 Å². The first-order chi connectivity index (χ1) is 9.97. The average molecular weight is 343 g/mol. The van der Waals surface area contributed by atoms with Crippen LogP contribution in [0.2, 0.25) is 0 Å². The molecule has 0 radical (unpaired) electrons. The van der Waals surface area contributed by atoms with Gasteiger partial charge in [0.1, 0.15) is 5.75 Å². The average Bonchev–Trinajstić information content (AvgIpc) is 2.45. The Morgan fingerprint density at radius 3 is 2.48 bits per heavy atom. The molecule has 0 aromatic heterocycles. The number of rotatable bonds is 6. The zero-order chi connectivity index (χ0) is 15.3. The summed E-state index contributed by atoms with van der Waals surface area (Å²) in [7, 11) is 1.61. The third-order valence-electron chi connectivity index (χ3n) is 2.78. The molecule has 0 bridgehead atoms. The Labute approximate surface area is 133 Å². The van der Waals surface area contributed by atoms with Crippen LogP contribution in [0.4, 0.5) is 0 Å². The van der Waals surface area contributed by atoms with Gasteiger partial charge in [-0.2, -0.15) is 0 Å². The van der Waals surface area contributed by atoms with Gasteiger partial charge in [0.25, 0.3) is 9.05 Å². The van der Waals surface area contributed by atoms with Crippen molar-refractivity contribution in [3.05, 3.63) is 54.1 Å². The lowest BCUT2D eigenvalue weighted by atomic mass is 10.2. The number of aryl methyl sites for hydroxylation is 1. The van der Waals surface area contributed by atoms with Crippen molar-refractivity contribution in [2.75, 3.05) is 12.4 Å². The Hall–Kier alpha value is -1.17. The fourth-order valence-corrected chi connectivity index (χ4v) is 3.35. The van der Waals surface area contributed by atoms with Crippen LogP contribution in [0.15, 0.2) is 58.3 Å². The fourth-order valence-electron chi connectivity index (χ4n) is 1.76. The highest BCUT2D eigenvalue weighted by molar-refractivity contribution is 8.13. The Morgan fingerprint density at radius 1 is 1.14 bits per heavy atom. The van der Waals surface area contributed by atoms with Crippen LogP contribution in [-0.4, -0.2) is 20.8 Å². The van der Waals surface area contributed by atoms with E-state index in [9.17, 15) is 8.42 Å². The summed E-state index contributed by atoms with van der Waals surface area (Å²) >= 11 is 1.71. The molecule has 2 rings (SSSR count). The second kappa shape index (κ2) is 7.20. The molecule has 0 N–H and O–H groups in total. The maximum atomic E-state index is 11.2. The van der Waals surface area contributed by atoms with Crippen LogP contribution in [0.3, 0.4) is 0 Å². The lowest BCUT2D eigenvalue weighted by Crippen LogP contribution is -2.02. The molecule has 0 aliphatic heterocycles. The van der Waals surface area contributed by atoms with Crippen molar-refractivity contribution in [2.45, 2.75) is 16.7 Å². The Morgan fingerprint density at radius 2 is 1.86 bits per heavy atom. The maximum Gasteiger partial charge on any atom is 0.261 e. The van der Waals surface area contributed by atoms with Crippen LogP contribution in [0.1, 0.15) is 5.56 Å². The number of thioether (sulfide) groups is 1. The van der Waals surface area contributed by atoms with E-state index >= 15 is 0 Å². The summed E-state index contributed by atoms with van der Waals surface area (Å²) in [5.41, 5.74) is 0.751. The summed E-state index contributed by atoms with van der Waals surface area (Å²) in [6.07, 6.45) is 0. The monoisotopic (exact) mass is 342 g/mol. The predicted octanol–water partition coefficient (Wildman–Crippen LogP) is 4.09. The molecule has 0 fully saturated rings. The van der Waals surface area contributed by atoms with Gasteiger partial charge in [-0.25, -0.2) is 8.42 Å². The van der Waals surface area contributed by atoms with E-state index in [0.29, 0.717) is 12.4 Å². The minimum atomic E-state index is -3.69. The Kier molecular flexibility index (Phi) is 5.56. The highest BCUT2D eigenvalue weighted by Crippen LogP contribution is 2.24. The molecule has 21 heavy (non-hydrogen) atoms. The van der Waals surface area contributed by atoms with E-state index in [-0.39, 0.29) is 4.90 Å². The van der Waals surface area contributed by atoms with Crippen molar-refractivity contribution in [1.82, 2.24) is 0 Å². The Bertz CT molecular complexity index is 700. The molecule has 0 aliphatic rings. The van der Waals surface area contributed by atoms with Gasteiger partial charge in [-0.1, -0.05) is 18.2 Å². The SMILES string of the molecule is Cc1cc(S(=O)(=O)Cl)ccc1OCCSc1ccccc1. The van der Waals surface area contributed by atoms with Gasteiger partial charge in [-0.15, -0.1) is 11.8 Å². The van der Waals surface area contributed by atoms with Gasteiger partial charge in [-0.3, -0.25) is 0 Å². The van der Waals surface area contributed by atoms with Gasteiger partial charge < -0.3 is 4.74 Å². The molecule has 0 saturated heterocycles. The second-order valence-corrected chi connectivity index (χ2v) is 8.11. The summed E-state index contributed by atoms with van der Waals surface area (Å²) in [5.74, 6) is 1.49. The molecule has 0 saturated carbocycles. The first-order valence-electron chi connectivity index (χ1n) is 6.33. The fraction of sp³-hybridized carbons (Fsp3) is 0.200. The summed E-state index contributed by atoms with van der Waals surface area (Å²) in [6.45, 7) is 2.35. The predicted molar refractivity (Wildman–Crippen MR) is 86.9 cm³/mol. The maximum absolute atomic E-state index is 11.2. The van der Waals surface area contributed by atoms with E-state index in [0.717, 1.165) is 11.3 Å². The number of ether oxygens (including phenoxy) is 1. The molecule has 3 nitrogen and oxygen atoms in total. The summed E-state index contributed by atoms with van der Waals surface area (Å²) in [6, 6.07) is 14.7. The number of hydrogen-bond donors (Lipinski definition) is 0. The van der Waals surface area contributed by atoms with Crippen LogP contribution >= 0.6 is 22.4 Å². The summed E-state index contributed by atoms with van der Waals surface area (Å²) in [4.78, 5) is 1.29. The molecule has 112 valence electrons. The minimum Gasteiger partial charge on any atom is -0.492 e. The topological polar surface area (TPSA) is 43.4 Å². The zero-order valence-corrected chi connectivity index (χ0v) is 13.8. The molecule has 0 spiro atoms. The normalized spacial score (nSPS) is 11.3. The molecule has 0 heterocycles.